The van der Waals surface area contributed by atoms with Gasteiger partial charge in [0.05, 0.1) is 6.42 Å². The maximum absolute atomic E-state index is 12.0. The van der Waals surface area contributed by atoms with Crippen molar-refractivity contribution in [2.24, 2.45) is 11.1 Å². The fraction of sp³-hybridized carbons (Fsp3) is 0.812. The number of cyclic esters (lactones) is 1. The normalized spacial score (nSPS) is 22.0. The maximum atomic E-state index is 12.0. The first-order chi connectivity index (χ1) is 12.2. The van der Waals surface area contributed by atoms with Gasteiger partial charge in [0.1, 0.15) is 11.7 Å². The zero-order chi connectivity index (χ0) is 21.0. The van der Waals surface area contributed by atoms with Crippen LogP contribution in [0.5, 0.6) is 0 Å². The summed E-state index contributed by atoms with van der Waals surface area (Å²) < 4.78 is 42.4. The molecule has 1 spiro atoms. The molecule has 27 heavy (non-hydrogen) atoms. The van der Waals surface area contributed by atoms with E-state index in [1.165, 1.54) is 0 Å². The van der Waals surface area contributed by atoms with E-state index in [9.17, 15) is 22.8 Å². The number of amides is 1. The Kier molecular flexibility index (Phi) is 7.09. The van der Waals surface area contributed by atoms with Crippen molar-refractivity contribution in [1.29, 1.82) is 0 Å². The predicted octanol–water partition coefficient (Wildman–Crippen LogP) is 1.91. The van der Waals surface area contributed by atoms with Crippen molar-refractivity contribution in [3.8, 4) is 0 Å². The van der Waals surface area contributed by atoms with Gasteiger partial charge in [0.15, 0.2) is 0 Å². The molecule has 1 amide bonds. The quantitative estimate of drug-likeness (QED) is 0.648. The van der Waals surface area contributed by atoms with Crippen molar-refractivity contribution in [2.75, 3.05) is 19.6 Å². The summed E-state index contributed by atoms with van der Waals surface area (Å²) in [7, 11) is 0. The standard InChI is InChI=1S/C14H24N2O4.C2HF3O2/c1-13(2,3)20-12(18)16-6-4-14(5-7-16)8-11(17)19-10(14)9-15;3-2(4,5)1(6)7/h10H,4-9,15H2,1-3H3;(H,6,7). The predicted molar refractivity (Wildman–Crippen MR) is 86.7 cm³/mol. The molecule has 0 radical (unpaired) electrons. The summed E-state index contributed by atoms with van der Waals surface area (Å²) in [5.41, 5.74) is 5.02. The van der Waals surface area contributed by atoms with Crippen LogP contribution in [-0.2, 0) is 19.1 Å². The van der Waals surface area contributed by atoms with E-state index in [-0.39, 0.29) is 23.6 Å². The smallest absolute Gasteiger partial charge is 0.475 e. The van der Waals surface area contributed by atoms with Crippen LogP contribution < -0.4 is 5.73 Å². The second kappa shape index (κ2) is 8.32. The summed E-state index contributed by atoms with van der Waals surface area (Å²) in [6, 6.07) is 0. The molecule has 1 atom stereocenters. The first-order valence-corrected chi connectivity index (χ1v) is 8.38. The van der Waals surface area contributed by atoms with Crippen LogP contribution in [0.4, 0.5) is 18.0 Å². The number of hydrogen-bond donors (Lipinski definition) is 2. The molecule has 3 N–H and O–H groups in total. The summed E-state index contributed by atoms with van der Waals surface area (Å²) in [5, 5.41) is 7.12. The molecule has 0 saturated carbocycles. The minimum Gasteiger partial charge on any atom is -0.475 e. The van der Waals surface area contributed by atoms with Crippen molar-refractivity contribution in [2.45, 2.75) is 57.9 Å². The molecule has 0 aliphatic carbocycles. The number of nitrogens with two attached hydrogens (primary N) is 1. The van der Waals surface area contributed by atoms with E-state index in [0.717, 1.165) is 12.8 Å². The molecule has 2 fully saturated rings. The molecule has 0 aromatic carbocycles. The monoisotopic (exact) mass is 398 g/mol. The Morgan fingerprint density at radius 2 is 1.78 bits per heavy atom. The zero-order valence-electron chi connectivity index (χ0n) is 15.5. The SMILES string of the molecule is CC(C)(C)OC(=O)N1CCC2(CC1)CC(=O)OC2CN.O=C(O)C(F)(F)F. The number of likely N-dealkylation sites (tertiary alicyclic amines) is 1. The highest BCUT2D eigenvalue weighted by atomic mass is 19.4. The number of ether oxygens (including phenoxy) is 2. The van der Waals surface area contributed by atoms with Crippen molar-refractivity contribution in [1.82, 2.24) is 4.90 Å². The Labute approximate surface area is 154 Å². The number of carboxylic acids is 1. The molecule has 8 nitrogen and oxygen atoms in total. The second-order valence-corrected chi connectivity index (χ2v) is 7.52. The number of esters is 1. The van der Waals surface area contributed by atoms with Gasteiger partial charge < -0.3 is 25.2 Å². The topological polar surface area (TPSA) is 119 Å². The van der Waals surface area contributed by atoms with Crippen LogP contribution in [0.25, 0.3) is 0 Å². The Balaban J connectivity index is 0.000000445. The molecule has 11 heteroatoms. The Morgan fingerprint density at radius 3 is 2.15 bits per heavy atom. The average molecular weight is 398 g/mol. The van der Waals surface area contributed by atoms with Gasteiger partial charge in [-0.3, -0.25) is 4.79 Å². The van der Waals surface area contributed by atoms with Gasteiger partial charge in [-0.05, 0) is 33.6 Å². The number of carbonyl (C=O) groups is 3. The maximum Gasteiger partial charge on any atom is 0.490 e. The van der Waals surface area contributed by atoms with Gasteiger partial charge in [-0.2, -0.15) is 13.2 Å². The van der Waals surface area contributed by atoms with E-state index in [2.05, 4.69) is 0 Å². The highest BCUT2D eigenvalue weighted by molar-refractivity contribution is 5.74. The molecule has 156 valence electrons. The highest BCUT2D eigenvalue weighted by Gasteiger charge is 2.50. The van der Waals surface area contributed by atoms with Crippen molar-refractivity contribution < 1.29 is 42.1 Å². The summed E-state index contributed by atoms with van der Waals surface area (Å²) in [5.74, 6) is -2.93. The number of carboxylic acid groups (broad SMARTS) is 1. The van der Waals surface area contributed by atoms with Crippen molar-refractivity contribution in [3.05, 3.63) is 0 Å². The first-order valence-electron chi connectivity index (χ1n) is 8.38. The fourth-order valence-electron chi connectivity index (χ4n) is 2.98. The third kappa shape index (κ3) is 6.56. The number of rotatable bonds is 1. The van der Waals surface area contributed by atoms with Gasteiger partial charge >= 0.3 is 24.2 Å². The molecule has 2 aliphatic heterocycles. The van der Waals surface area contributed by atoms with E-state index >= 15 is 0 Å². The lowest BCUT2D eigenvalue weighted by Gasteiger charge is -2.40. The second-order valence-electron chi connectivity index (χ2n) is 7.52. The Bertz CT molecular complexity index is 565. The number of piperidine rings is 1. The molecule has 2 aliphatic rings. The highest BCUT2D eigenvalue weighted by Crippen LogP contribution is 2.44. The van der Waals surface area contributed by atoms with E-state index in [0.29, 0.717) is 26.1 Å². The lowest BCUT2D eigenvalue weighted by molar-refractivity contribution is -0.192. The zero-order valence-corrected chi connectivity index (χ0v) is 15.5. The number of nitrogens with zero attached hydrogens (tertiary/aromatic N) is 1. The van der Waals surface area contributed by atoms with Crippen LogP contribution in [0.15, 0.2) is 0 Å². The Morgan fingerprint density at radius 1 is 1.30 bits per heavy atom. The van der Waals surface area contributed by atoms with Crippen LogP contribution in [-0.4, -0.2) is 65.6 Å². The third-order valence-corrected chi connectivity index (χ3v) is 4.32. The van der Waals surface area contributed by atoms with Gasteiger partial charge in [0, 0.05) is 25.0 Å². The molecule has 1 unspecified atom stereocenters. The number of carbonyl (C=O) groups excluding carboxylic acids is 2. The minimum atomic E-state index is -5.08. The van der Waals surface area contributed by atoms with E-state index in [1.807, 2.05) is 20.8 Å². The van der Waals surface area contributed by atoms with Crippen molar-refractivity contribution >= 4 is 18.0 Å². The fourth-order valence-corrected chi connectivity index (χ4v) is 2.98. The lowest BCUT2D eigenvalue weighted by Crippen LogP contribution is -2.49. The van der Waals surface area contributed by atoms with Gasteiger partial charge in [0.25, 0.3) is 0 Å². The average Bonchev–Trinajstić information content (AvgIpc) is 2.81. The van der Waals surface area contributed by atoms with Crippen LogP contribution in [0, 0.1) is 5.41 Å². The largest absolute Gasteiger partial charge is 0.490 e. The van der Waals surface area contributed by atoms with Gasteiger partial charge in [-0.1, -0.05) is 0 Å². The molecule has 2 rings (SSSR count). The van der Waals surface area contributed by atoms with Gasteiger partial charge in [0.2, 0.25) is 0 Å². The minimum absolute atomic E-state index is 0.175. The summed E-state index contributed by atoms with van der Waals surface area (Å²) in [4.78, 5) is 34.1. The molecule has 0 aromatic heterocycles. The number of hydrogen-bond acceptors (Lipinski definition) is 6. The van der Waals surface area contributed by atoms with Crippen LogP contribution in [0.2, 0.25) is 0 Å². The van der Waals surface area contributed by atoms with E-state index in [4.69, 9.17) is 25.1 Å². The Hall–Kier alpha value is -2.04. The van der Waals surface area contributed by atoms with E-state index < -0.39 is 17.7 Å². The summed E-state index contributed by atoms with van der Waals surface area (Å²) >= 11 is 0. The van der Waals surface area contributed by atoms with Gasteiger partial charge in [-0.15, -0.1) is 0 Å². The third-order valence-electron chi connectivity index (χ3n) is 4.32. The van der Waals surface area contributed by atoms with Crippen LogP contribution in [0.1, 0.15) is 40.0 Å². The molecule has 0 aromatic rings. The number of halogens is 3. The first kappa shape index (κ1) is 23.0. The van der Waals surface area contributed by atoms with E-state index in [1.54, 1.807) is 4.90 Å². The number of aliphatic carboxylic acids is 1. The van der Waals surface area contributed by atoms with Gasteiger partial charge in [-0.25, -0.2) is 9.59 Å². The lowest BCUT2D eigenvalue weighted by atomic mass is 9.73. The van der Waals surface area contributed by atoms with Crippen molar-refractivity contribution in [3.63, 3.8) is 0 Å². The summed E-state index contributed by atoms with van der Waals surface area (Å²) in [6.45, 7) is 7.07. The van der Waals surface area contributed by atoms with Crippen LogP contribution >= 0.6 is 0 Å². The summed E-state index contributed by atoms with van der Waals surface area (Å²) in [6.07, 6.45) is -3.70. The number of alkyl halides is 3. The molecule has 2 heterocycles. The van der Waals surface area contributed by atoms with Crippen LogP contribution in [0.3, 0.4) is 0 Å². The molecule has 2 saturated heterocycles. The molecular formula is C16H25F3N2O6. The molecule has 0 bridgehead atoms. The molecular weight excluding hydrogens is 373 g/mol.